The maximum Gasteiger partial charge on any atom is 0.0541 e. The number of hydrogen-bond donors (Lipinski definition) is 0. The summed E-state index contributed by atoms with van der Waals surface area (Å²) in [5.41, 5.74) is 18.9. The molecule has 372 valence electrons. The number of fused-ring (bicyclic) bond motifs is 3. The Kier molecular flexibility index (Phi) is 11.4. The number of hydrogen-bond acceptors (Lipinski definition) is 1. The Morgan fingerprint density at radius 1 is 0.297 bits per heavy atom. The van der Waals surface area contributed by atoms with Crippen molar-refractivity contribution >= 4 is 71.2 Å². The molecule has 10 aromatic carbocycles. The van der Waals surface area contributed by atoms with E-state index in [4.69, 9.17) is 0 Å². The molecule has 0 radical (unpaired) electrons. The molecule has 0 saturated carbocycles. The van der Waals surface area contributed by atoms with Gasteiger partial charge in [0.05, 0.1) is 22.4 Å². The molecule has 0 N–H and O–H groups in total. The summed E-state index contributed by atoms with van der Waals surface area (Å²) in [5.74, 6) is 0. The van der Waals surface area contributed by atoms with E-state index in [2.05, 4.69) is 289 Å². The smallest absolute Gasteiger partial charge is 0.0541 e. The topological polar surface area (TPSA) is 8.17 Å². The monoisotopic (exact) mass is 967 g/mol. The van der Waals surface area contributed by atoms with Crippen LogP contribution in [0.5, 0.6) is 0 Å². The third kappa shape index (κ3) is 8.64. The van der Waals surface area contributed by atoms with Gasteiger partial charge < -0.3 is 9.47 Å². The summed E-state index contributed by atoms with van der Waals surface area (Å²) in [6.07, 6.45) is 0. The third-order valence-corrected chi connectivity index (χ3v) is 15.9. The quantitative estimate of drug-likeness (QED) is 0.151. The lowest BCUT2D eigenvalue weighted by Crippen LogP contribution is -2.16. The summed E-state index contributed by atoms with van der Waals surface area (Å²) < 4.78 is 2.53. The normalized spacial score (nSPS) is 13.1. The first-order chi connectivity index (χ1) is 34.8. The van der Waals surface area contributed by atoms with Crippen molar-refractivity contribution in [1.29, 1.82) is 0 Å². The molecular weight excluding hydrogens is 893 g/mol. The molecule has 0 atom stereocenters. The summed E-state index contributed by atoms with van der Waals surface area (Å²) in [6.45, 7) is 34.8. The van der Waals surface area contributed by atoms with Crippen molar-refractivity contribution in [2.75, 3.05) is 4.90 Å². The molecule has 0 spiro atoms. The molecule has 2 nitrogen and oxygen atoms in total. The Morgan fingerprint density at radius 3 is 1.23 bits per heavy atom. The molecule has 0 unspecified atom stereocenters. The Bertz CT molecular complexity index is 3840. The van der Waals surface area contributed by atoms with E-state index in [1.54, 1.807) is 0 Å². The Hall–Kier alpha value is -7.16. The summed E-state index contributed by atoms with van der Waals surface area (Å²) in [7, 11) is 0. The van der Waals surface area contributed by atoms with Crippen LogP contribution in [0.2, 0.25) is 0 Å². The fraction of sp³-hybridized carbons (Fsp3) is 0.278. The molecular formula is C72H74N2. The number of rotatable bonds is 6. The lowest BCUT2D eigenvalue weighted by molar-refractivity contribution is 0.569. The van der Waals surface area contributed by atoms with Crippen LogP contribution in [-0.2, 0) is 27.1 Å². The lowest BCUT2D eigenvalue weighted by atomic mass is 9.78. The van der Waals surface area contributed by atoms with Gasteiger partial charge in [-0.05, 0) is 165 Å². The zero-order valence-electron chi connectivity index (χ0n) is 46.6. The summed E-state index contributed by atoms with van der Waals surface area (Å²) in [5, 5.41) is 10.2. The highest BCUT2D eigenvalue weighted by Gasteiger charge is 2.26. The lowest BCUT2D eigenvalue weighted by Gasteiger charge is -2.28. The largest absolute Gasteiger partial charge is 0.310 e. The van der Waals surface area contributed by atoms with Gasteiger partial charge in [-0.1, -0.05) is 213 Å². The van der Waals surface area contributed by atoms with Crippen LogP contribution in [-0.4, -0.2) is 4.57 Å². The molecule has 11 rings (SSSR count). The van der Waals surface area contributed by atoms with Gasteiger partial charge in [-0.3, -0.25) is 0 Å². The van der Waals surface area contributed by atoms with Crippen molar-refractivity contribution in [3.8, 4) is 27.9 Å². The Morgan fingerprint density at radius 2 is 0.716 bits per heavy atom. The second-order valence-electron chi connectivity index (χ2n) is 26.5. The van der Waals surface area contributed by atoms with Crippen LogP contribution in [0.4, 0.5) is 17.1 Å². The number of aromatic nitrogens is 1. The van der Waals surface area contributed by atoms with Gasteiger partial charge in [0.15, 0.2) is 0 Å². The van der Waals surface area contributed by atoms with Crippen molar-refractivity contribution in [3.63, 3.8) is 0 Å². The minimum Gasteiger partial charge on any atom is -0.310 e. The van der Waals surface area contributed by atoms with Crippen molar-refractivity contribution in [3.05, 3.63) is 204 Å². The van der Waals surface area contributed by atoms with Crippen LogP contribution in [0, 0.1) is 0 Å². The second kappa shape index (κ2) is 17.2. The van der Waals surface area contributed by atoms with Crippen molar-refractivity contribution in [2.24, 2.45) is 0 Å². The van der Waals surface area contributed by atoms with E-state index in [0.717, 1.165) is 17.1 Å². The predicted molar refractivity (Wildman–Crippen MR) is 324 cm³/mol. The van der Waals surface area contributed by atoms with E-state index in [0.29, 0.717) is 0 Å². The molecule has 2 heteroatoms. The number of para-hydroxylation sites is 1. The fourth-order valence-electron chi connectivity index (χ4n) is 11.2. The van der Waals surface area contributed by atoms with Gasteiger partial charge in [-0.15, -0.1) is 0 Å². The highest BCUT2D eigenvalue weighted by molar-refractivity contribution is 6.27. The van der Waals surface area contributed by atoms with Crippen LogP contribution < -0.4 is 4.90 Å². The highest BCUT2D eigenvalue weighted by Crippen LogP contribution is 2.47. The van der Waals surface area contributed by atoms with Crippen molar-refractivity contribution in [1.82, 2.24) is 4.57 Å². The van der Waals surface area contributed by atoms with Gasteiger partial charge in [0.25, 0.3) is 0 Å². The van der Waals surface area contributed by atoms with E-state index >= 15 is 0 Å². The van der Waals surface area contributed by atoms with Gasteiger partial charge in [0.1, 0.15) is 0 Å². The van der Waals surface area contributed by atoms with Gasteiger partial charge in [-0.25, -0.2) is 0 Å². The molecule has 0 amide bonds. The van der Waals surface area contributed by atoms with Gasteiger partial charge >= 0.3 is 0 Å². The van der Waals surface area contributed by atoms with Crippen LogP contribution in [0.3, 0.4) is 0 Å². The number of nitrogens with zero attached hydrogens (tertiary/aromatic N) is 2. The molecule has 0 bridgehead atoms. The zero-order chi connectivity index (χ0) is 52.4. The minimum absolute atomic E-state index is 0.0278. The third-order valence-electron chi connectivity index (χ3n) is 15.9. The number of anilines is 3. The highest BCUT2D eigenvalue weighted by atomic mass is 15.1. The molecule has 74 heavy (non-hydrogen) atoms. The van der Waals surface area contributed by atoms with Crippen LogP contribution >= 0.6 is 0 Å². The molecule has 11 aromatic rings. The van der Waals surface area contributed by atoms with E-state index in [9.17, 15) is 0 Å². The first-order valence-electron chi connectivity index (χ1n) is 26.9. The van der Waals surface area contributed by atoms with E-state index in [1.165, 1.54) is 110 Å². The average Bonchev–Trinajstić information content (AvgIpc) is 3.69. The summed E-state index contributed by atoms with van der Waals surface area (Å²) >= 11 is 0. The summed E-state index contributed by atoms with van der Waals surface area (Å²) in [4.78, 5) is 2.45. The summed E-state index contributed by atoms with van der Waals surface area (Å²) in [6, 6.07) is 67.7. The molecule has 1 aromatic heterocycles. The molecule has 1 heterocycles. The van der Waals surface area contributed by atoms with Crippen LogP contribution in [0.15, 0.2) is 176 Å². The van der Waals surface area contributed by atoms with Gasteiger partial charge in [0.2, 0.25) is 0 Å². The molecule has 0 fully saturated rings. The van der Waals surface area contributed by atoms with E-state index in [1.807, 2.05) is 0 Å². The molecule has 0 aliphatic heterocycles. The van der Waals surface area contributed by atoms with Crippen molar-refractivity contribution in [2.45, 2.75) is 131 Å². The van der Waals surface area contributed by atoms with Crippen LogP contribution in [0.1, 0.15) is 132 Å². The fourth-order valence-corrected chi connectivity index (χ4v) is 11.2. The minimum atomic E-state index is -0.0329. The first kappa shape index (κ1) is 49.1. The molecule has 0 aliphatic carbocycles. The van der Waals surface area contributed by atoms with E-state index < -0.39 is 0 Å². The zero-order valence-corrected chi connectivity index (χ0v) is 46.6. The second-order valence-corrected chi connectivity index (χ2v) is 26.5. The molecule has 0 aliphatic rings. The standard InChI is InChI=1S/C72H74N2/c1-68(2,3)51-27-35-64-60(43-51)61-44-52(69(4,5)6)28-36-65(61)74(64)63-34-26-47-23-31-58-62(33-25-46-24-32-59(63)67(47)66(46)58)73(56-19-17-16-18-20-56)57-29-21-45(22-30-57)48-37-49(39-53(38-48)70(7,8)9)50-40-54(71(10,11)12)42-55(41-50)72(13,14)15/h16-44H,1-15H3. The maximum absolute atomic E-state index is 2.53. The van der Waals surface area contributed by atoms with Gasteiger partial charge in [-0.2, -0.15) is 0 Å². The van der Waals surface area contributed by atoms with Crippen molar-refractivity contribution < 1.29 is 0 Å². The Labute approximate surface area is 441 Å². The van der Waals surface area contributed by atoms with Crippen LogP contribution in [0.25, 0.3) is 82.1 Å². The molecule has 0 saturated heterocycles. The predicted octanol–water partition coefficient (Wildman–Crippen LogP) is 21.0. The van der Waals surface area contributed by atoms with E-state index in [-0.39, 0.29) is 27.1 Å². The SMILES string of the molecule is CC(C)(C)c1cc(-c2ccc(N(c3ccccc3)c3ccc4ccc5c(-n6c7ccc(C(C)(C)C)cc7c7cc(C(C)(C)C)ccc76)ccc6ccc3c4c65)cc2)cc(-c2cc(C(C)(C)C)cc(C(C)(C)C)c2)c1. The maximum atomic E-state index is 2.53. The number of benzene rings is 10. The Balaban J connectivity index is 1.07. The van der Waals surface area contributed by atoms with Gasteiger partial charge in [0, 0.05) is 32.9 Å². The first-order valence-corrected chi connectivity index (χ1v) is 26.9. The average molecular weight is 967 g/mol.